The van der Waals surface area contributed by atoms with E-state index in [1.807, 2.05) is 0 Å². The van der Waals surface area contributed by atoms with Crippen molar-refractivity contribution in [2.75, 3.05) is 0 Å². The second-order valence-electron chi connectivity index (χ2n) is 13.5. The van der Waals surface area contributed by atoms with Crippen molar-refractivity contribution in [1.82, 2.24) is 0 Å². The Hall–Kier alpha value is 0.440. The predicted octanol–water partition coefficient (Wildman–Crippen LogP) is 14.4. The summed E-state index contributed by atoms with van der Waals surface area (Å²) in [6.07, 6.45) is 44.9. The fourth-order valence-electron chi connectivity index (χ4n) is 6.77. The van der Waals surface area contributed by atoms with Crippen LogP contribution in [0.4, 0.5) is 0 Å². The van der Waals surface area contributed by atoms with Crippen molar-refractivity contribution in [1.29, 1.82) is 0 Å². The lowest BCUT2D eigenvalue weighted by Gasteiger charge is -2.39. The summed E-state index contributed by atoms with van der Waals surface area (Å²) in [5, 5.41) is 0. The zero-order valence-electron chi connectivity index (χ0n) is 28.7. The molecule has 0 saturated heterocycles. The molecule has 0 aromatic heterocycles. The molecular weight excluding hydrogens is 550 g/mol. The molecule has 1 unspecified atom stereocenters. The lowest BCUT2D eigenvalue weighted by Crippen LogP contribution is -2.47. The fraction of sp³-hybridized carbons (Fsp3) is 1.00. The van der Waals surface area contributed by atoms with E-state index in [1.54, 1.807) is 0 Å². The molecule has 1 nitrogen and oxygen atoms in total. The highest BCUT2D eigenvalue weighted by atomic mass is 79.9. The van der Waals surface area contributed by atoms with Crippen LogP contribution in [0.1, 0.15) is 233 Å². The Kier molecular flexibility index (Phi) is 36.1. The highest BCUT2D eigenvalue weighted by molar-refractivity contribution is 8.93. The molecule has 0 bridgehead atoms. The summed E-state index contributed by atoms with van der Waals surface area (Å²) in [7, 11) is 0. The average Bonchev–Trinajstić information content (AvgIpc) is 2.94. The van der Waals surface area contributed by atoms with E-state index in [2.05, 4.69) is 27.7 Å². The largest absolute Gasteiger partial charge is 0.325 e. The molecule has 0 rings (SSSR count). The van der Waals surface area contributed by atoms with Gasteiger partial charge in [-0.15, -0.1) is 17.0 Å². The van der Waals surface area contributed by atoms with E-state index in [1.165, 1.54) is 205 Å². The Morgan fingerprint density at radius 1 is 0.350 bits per heavy atom. The predicted molar refractivity (Wildman–Crippen MR) is 191 cm³/mol. The van der Waals surface area contributed by atoms with E-state index >= 15 is 0 Å². The molecule has 0 aliphatic heterocycles. The van der Waals surface area contributed by atoms with E-state index in [-0.39, 0.29) is 22.5 Å². The summed E-state index contributed by atoms with van der Waals surface area (Å²) >= 11 is 0. The summed E-state index contributed by atoms with van der Waals surface area (Å²) in [4.78, 5) is 0. The minimum Gasteiger partial charge on any atom is -0.325 e. The van der Waals surface area contributed by atoms with Crippen molar-refractivity contribution >= 4 is 17.0 Å². The smallest absolute Gasteiger partial charge is 0.0182 e. The molecule has 0 saturated carbocycles. The molecule has 2 heteroatoms. The zero-order chi connectivity index (χ0) is 28.7. The van der Waals surface area contributed by atoms with E-state index in [4.69, 9.17) is 5.73 Å². The number of nitrogens with two attached hydrogens (primary N) is 1. The first-order valence-corrected chi connectivity index (χ1v) is 18.9. The number of unbranched alkanes of at least 4 members (excludes halogenated alkanes) is 24. The van der Waals surface area contributed by atoms with Crippen molar-refractivity contribution in [3.8, 4) is 0 Å². The van der Waals surface area contributed by atoms with Crippen LogP contribution in [0.15, 0.2) is 0 Å². The molecule has 0 aromatic carbocycles. The van der Waals surface area contributed by atoms with Crippen LogP contribution in [0.3, 0.4) is 0 Å². The van der Waals surface area contributed by atoms with Gasteiger partial charge in [0.15, 0.2) is 0 Å². The lowest BCUT2D eigenvalue weighted by atomic mass is 9.72. The van der Waals surface area contributed by atoms with Gasteiger partial charge in [-0.05, 0) is 31.6 Å². The van der Waals surface area contributed by atoms with Gasteiger partial charge in [0.1, 0.15) is 0 Å². The van der Waals surface area contributed by atoms with Gasteiger partial charge < -0.3 is 5.73 Å². The first-order chi connectivity index (χ1) is 19.1. The molecule has 0 aromatic rings. The molecular formula is C38H80BrN. The fourth-order valence-corrected chi connectivity index (χ4v) is 6.77. The summed E-state index contributed by atoms with van der Waals surface area (Å²) in [6.45, 7) is 9.30. The van der Waals surface area contributed by atoms with E-state index in [9.17, 15) is 0 Å². The van der Waals surface area contributed by atoms with Crippen molar-refractivity contribution in [2.45, 2.75) is 239 Å². The van der Waals surface area contributed by atoms with Crippen LogP contribution >= 0.6 is 17.0 Å². The normalized spacial score (nSPS) is 12.5. The zero-order valence-corrected chi connectivity index (χ0v) is 30.4. The SMILES string of the molecule is Br.CCCCCCCCCCCCC(CCCCCCCC)C(N)(CCCCCCCC)CCCCCCCC. The van der Waals surface area contributed by atoms with Gasteiger partial charge in [-0.3, -0.25) is 0 Å². The van der Waals surface area contributed by atoms with Gasteiger partial charge in [-0.2, -0.15) is 0 Å². The molecule has 0 amide bonds. The Morgan fingerprint density at radius 3 is 0.850 bits per heavy atom. The maximum atomic E-state index is 7.51. The van der Waals surface area contributed by atoms with E-state index < -0.39 is 0 Å². The third-order valence-corrected chi connectivity index (χ3v) is 9.62. The third-order valence-electron chi connectivity index (χ3n) is 9.62. The monoisotopic (exact) mass is 630 g/mol. The third kappa shape index (κ3) is 27.3. The van der Waals surface area contributed by atoms with Crippen LogP contribution in [-0.2, 0) is 0 Å². The first kappa shape index (κ1) is 42.6. The summed E-state index contributed by atoms with van der Waals surface area (Å²) in [5.41, 5.74) is 7.60. The van der Waals surface area contributed by atoms with Crippen molar-refractivity contribution in [3.63, 3.8) is 0 Å². The molecule has 0 aliphatic rings. The minimum absolute atomic E-state index is 0. The van der Waals surface area contributed by atoms with Gasteiger partial charge in [-0.25, -0.2) is 0 Å². The van der Waals surface area contributed by atoms with Crippen LogP contribution in [-0.4, -0.2) is 5.54 Å². The van der Waals surface area contributed by atoms with Gasteiger partial charge in [0.2, 0.25) is 0 Å². The maximum absolute atomic E-state index is 7.51. The second-order valence-corrected chi connectivity index (χ2v) is 13.5. The number of rotatable bonds is 33. The Balaban J connectivity index is 0. The average molecular weight is 631 g/mol. The number of hydrogen-bond donors (Lipinski definition) is 1. The topological polar surface area (TPSA) is 26.0 Å². The quantitative estimate of drug-likeness (QED) is 0.0717. The summed E-state index contributed by atoms with van der Waals surface area (Å²) in [6, 6.07) is 0. The number of halogens is 1. The van der Waals surface area contributed by atoms with Crippen LogP contribution < -0.4 is 5.73 Å². The van der Waals surface area contributed by atoms with Crippen LogP contribution in [0.5, 0.6) is 0 Å². The van der Waals surface area contributed by atoms with Crippen molar-refractivity contribution in [2.24, 2.45) is 11.7 Å². The maximum Gasteiger partial charge on any atom is 0.0182 e. The van der Waals surface area contributed by atoms with Crippen LogP contribution in [0, 0.1) is 5.92 Å². The molecule has 0 radical (unpaired) electrons. The van der Waals surface area contributed by atoms with Gasteiger partial charge in [0.25, 0.3) is 0 Å². The Labute approximate surface area is 266 Å². The van der Waals surface area contributed by atoms with Crippen molar-refractivity contribution in [3.05, 3.63) is 0 Å². The van der Waals surface area contributed by atoms with Crippen LogP contribution in [0.25, 0.3) is 0 Å². The highest BCUT2D eigenvalue weighted by Gasteiger charge is 2.33. The Bertz CT molecular complexity index is 435. The molecule has 0 aliphatic carbocycles. The molecule has 0 spiro atoms. The van der Waals surface area contributed by atoms with E-state index in [0.29, 0.717) is 0 Å². The molecule has 2 N–H and O–H groups in total. The van der Waals surface area contributed by atoms with Gasteiger partial charge in [0, 0.05) is 5.54 Å². The van der Waals surface area contributed by atoms with Crippen LogP contribution in [0.2, 0.25) is 0 Å². The summed E-state index contributed by atoms with van der Waals surface area (Å²) in [5.74, 6) is 0.754. The molecule has 0 fully saturated rings. The van der Waals surface area contributed by atoms with Gasteiger partial charge >= 0.3 is 0 Å². The van der Waals surface area contributed by atoms with Gasteiger partial charge in [-0.1, -0.05) is 207 Å². The highest BCUT2D eigenvalue weighted by Crippen LogP contribution is 2.35. The molecule has 1 atom stereocenters. The minimum atomic E-state index is 0. The van der Waals surface area contributed by atoms with E-state index in [0.717, 1.165) is 5.92 Å². The van der Waals surface area contributed by atoms with Gasteiger partial charge in [0.05, 0.1) is 0 Å². The Morgan fingerprint density at radius 2 is 0.575 bits per heavy atom. The van der Waals surface area contributed by atoms with Crippen molar-refractivity contribution < 1.29 is 0 Å². The molecule has 244 valence electrons. The lowest BCUT2D eigenvalue weighted by molar-refractivity contribution is 0.189. The molecule has 0 heterocycles. The molecule has 40 heavy (non-hydrogen) atoms. The summed E-state index contributed by atoms with van der Waals surface area (Å²) < 4.78 is 0. The first-order valence-electron chi connectivity index (χ1n) is 18.9. The second kappa shape index (κ2) is 33.9. The standard InChI is InChI=1S/C38H79N.BrH/c1-5-9-13-17-21-22-23-24-26-30-34-37(33-29-25-18-14-10-6-2)38(39,35-31-27-19-15-11-7-3)36-32-28-20-16-12-8-4;/h37H,5-36,39H2,1-4H3;1H. The number of hydrogen-bond acceptors (Lipinski definition) is 1.